The molecule has 0 spiro atoms. The van der Waals surface area contributed by atoms with Crippen LogP contribution in [0.2, 0.25) is 0 Å². The van der Waals surface area contributed by atoms with E-state index in [-0.39, 0.29) is 5.91 Å². The first kappa shape index (κ1) is 14.9. The summed E-state index contributed by atoms with van der Waals surface area (Å²) in [7, 11) is 0. The molecular weight excluding hydrogens is 274 g/mol. The van der Waals surface area contributed by atoms with E-state index >= 15 is 0 Å². The fourth-order valence-electron chi connectivity index (χ4n) is 3.06. The van der Waals surface area contributed by atoms with Crippen LogP contribution in [0.1, 0.15) is 30.3 Å². The maximum Gasteiger partial charge on any atom is 0.270 e. The predicted octanol–water partition coefficient (Wildman–Crippen LogP) is 2.90. The van der Waals surface area contributed by atoms with Crippen LogP contribution in [-0.2, 0) is 0 Å². The number of carbonyl (C=O) groups is 1. The van der Waals surface area contributed by atoms with Crippen LogP contribution in [-0.4, -0.2) is 41.5 Å². The summed E-state index contributed by atoms with van der Waals surface area (Å²) in [6.07, 6.45) is 2.02. The van der Waals surface area contributed by atoms with Gasteiger partial charge in [0, 0.05) is 24.8 Å². The quantitative estimate of drug-likeness (QED) is 0.891. The van der Waals surface area contributed by atoms with Crippen LogP contribution in [0, 0.1) is 0 Å². The van der Waals surface area contributed by atoms with Gasteiger partial charge < -0.3 is 15.2 Å². The fraction of sp³-hybridized carbons (Fsp3) is 0.389. The monoisotopic (exact) mass is 297 g/mol. The zero-order valence-corrected chi connectivity index (χ0v) is 13.0. The highest BCUT2D eigenvalue weighted by molar-refractivity contribution is 5.93. The lowest BCUT2D eigenvalue weighted by molar-refractivity contribution is 0.0687. The minimum atomic E-state index is 0.109. The Balaban J connectivity index is 1.80. The maximum atomic E-state index is 12.8. The van der Waals surface area contributed by atoms with Gasteiger partial charge in [-0.25, -0.2) is 0 Å². The van der Waals surface area contributed by atoms with Crippen LogP contribution in [0.5, 0.6) is 0 Å². The van der Waals surface area contributed by atoms with Gasteiger partial charge in [0.15, 0.2) is 0 Å². The van der Waals surface area contributed by atoms with E-state index in [1.54, 1.807) is 0 Å². The lowest BCUT2D eigenvalue weighted by atomic mass is 10.2. The van der Waals surface area contributed by atoms with E-state index in [0.29, 0.717) is 11.7 Å². The summed E-state index contributed by atoms with van der Waals surface area (Å²) >= 11 is 0. The van der Waals surface area contributed by atoms with Crippen LogP contribution < -0.4 is 5.32 Å². The smallest absolute Gasteiger partial charge is 0.270 e. The van der Waals surface area contributed by atoms with Crippen LogP contribution in [0.3, 0.4) is 0 Å². The van der Waals surface area contributed by atoms with E-state index < -0.39 is 0 Å². The molecule has 1 saturated heterocycles. The molecule has 0 aliphatic carbocycles. The number of rotatable bonds is 5. The number of nitrogens with zero attached hydrogens (tertiary/aromatic N) is 1. The van der Waals surface area contributed by atoms with Crippen molar-refractivity contribution in [2.24, 2.45) is 0 Å². The molecule has 116 valence electrons. The summed E-state index contributed by atoms with van der Waals surface area (Å²) < 4.78 is 0. The molecule has 0 bridgehead atoms. The van der Waals surface area contributed by atoms with Gasteiger partial charge in [-0.15, -0.1) is 0 Å². The van der Waals surface area contributed by atoms with Gasteiger partial charge in [0.25, 0.3) is 5.91 Å². The molecule has 2 heterocycles. The van der Waals surface area contributed by atoms with Gasteiger partial charge in [0.05, 0.1) is 0 Å². The first-order valence-electron chi connectivity index (χ1n) is 8.05. The Labute approximate surface area is 131 Å². The van der Waals surface area contributed by atoms with Gasteiger partial charge in [-0.3, -0.25) is 4.79 Å². The Morgan fingerprint density at radius 1 is 1.23 bits per heavy atom. The predicted molar refractivity (Wildman–Crippen MR) is 88.8 cm³/mol. The minimum Gasteiger partial charge on any atom is -0.351 e. The van der Waals surface area contributed by atoms with Gasteiger partial charge in [0.1, 0.15) is 5.69 Å². The highest BCUT2D eigenvalue weighted by atomic mass is 16.2. The average molecular weight is 297 g/mol. The third kappa shape index (κ3) is 3.07. The van der Waals surface area contributed by atoms with E-state index in [4.69, 9.17) is 0 Å². The lowest BCUT2D eigenvalue weighted by Gasteiger charge is -2.27. The van der Waals surface area contributed by atoms with E-state index in [0.717, 1.165) is 43.7 Å². The normalized spacial score (nSPS) is 17.6. The second kappa shape index (κ2) is 6.79. The SMILES string of the molecule is CCCN(C(=O)c1ccc(-c2ccccc2)[nH]1)C1CCNC1. The summed E-state index contributed by atoms with van der Waals surface area (Å²) in [5.41, 5.74) is 2.77. The zero-order valence-electron chi connectivity index (χ0n) is 13.0. The molecule has 1 fully saturated rings. The number of aromatic amines is 1. The van der Waals surface area contributed by atoms with Crippen molar-refractivity contribution in [3.05, 3.63) is 48.2 Å². The molecule has 1 amide bonds. The van der Waals surface area contributed by atoms with Gasteiger partial charge in [-0.2, -0.15) is 0 Å². The molecule has 2 aromatic rings. The topological polar surface area (TPSA) is 48.1 Å². The van der Waals surface area contributed by atoms with E-state index in [9.17, 15) is 4.79 Å². The molecule has 2 N–H and O–H groups in total. The van der Waals surface area contributed by atoms with E-state index in [2.05, 4.69) is 17.2 Å². The lowest BCUT2D eigenvalue weighted by Crippen LogP contribution is -2.42. The number of carbonyl (C=O) groups excluding carboxylic acids is 1. The molecule has 0 saturated carbocycles. The number of benzene rings is 1. The van der Waals surface area contributed by atoms with Gasteiger partial charge in [0.2, 0.25) is 0 Å². The van der Waals surface area contributed by atoms with Gasteiger partial charge in [-0.1, -0.05) is 37.3 Å². The van der Waals surface area contributed by atoms with E-state index in [1.807, 2.05) is 47.4 Å². The van der Waals surface area contributed by atoms with Crippen molar-refractivity contribution in [2.45, 2.75) is 25.8 Å². The first-order chi connectivity index (χ1) is 10.8. The van der Waals surface area contributed by atoms with Gasteiger partial charge >= 0.3 is 0 Å². The largest absolute Gasteiger partial charge is 0.351 e. The van der Waals surface area contributed by atoms with Crippen LogP contribution in [0.25, 0.3) is 11.3 Å². The van der Waals surface area contributed by atoms with Crippen molar-refractivity contribution < 1.29 is 4.79 Å². The summed E-state index contributed by atoms with van der Waals surface area (Å²) in [5, 5.41) is 3.34. The summed E-state index contributed by atoms with van der Waals surface area (Å²) in [6, 6.07) is 14.3. The molecule has 1 atom stereocenters. The van der Waals surface area contributed by atoms with Crippen LogP contribution >= 0.6 is 0 Å². The van der Waals surface area contributed by atoms with Crippen molar-refractivity contribution in [1.29, 1.82) is 0 Å². The zero-order chi connectivity index (χ0) is 15.4. The molecule has 1 unspecified atom stereocenters. The summed E-state index contributed by atoms with van der Waals surface area (Å²) in [5.74, 6) is 0.109. The third-order valence-corrected chi connectivity index (χ3v) is 4.20. The molecule has 1 aliphatic heterocycles. The maximum absolute atomic E-state index is 12.8. The van der Waals surface area contributed by atoms with Crippen LogP contribution in [0.15, 0.2) is 42.5 Å². The minimum absolute atomic E-state index is 0.109. The highest BCUT2D eigenvalue weighted by Gasteiger charge is 2.27. The molecule has 4 nitrogen and oxygen atoms in total. The molecule has 3 rings (SSSR count). The van der Waals surface area contributed by atoms with Crippen molar-refractivity contribution in [1.82, 2.24) is 15.2 Å². The molecular formula is C18H23N3O. The standard InChI is InChI=1S/C18H23N3O/c1-2-12-21(15-10-11-19-13-15)18(22)17-9-8-16(20-17)14-6-4-3-5-7-14/h3-9,15,19-20H,2,10-13H2,1H3. The Hall–Kier alpha value is -2.07. The van der Waals surface area contributed by atoms with Crippen molar-refractivity contribution >= 4 is 5.91 Å². The molecule has 1 aliphatic rings. The molecule has 1 aromatic heterocycles. The molecule has 22 heavy (non-hydrogen) atoms. The summed E-state index contributed by atoms with van der Waals surface area (Å²) in [6.45, 7) is 4.83. The average Bonchev–Trinajstić information content (AvgIpc) is 3.24. The number of amides is 1. The van der Waals surface area contributed by atoms with E-state index in [1.165, 1.54) is 0 Å². The van der Waals surface area contributed by atoms with Crippen LogP contribution in [0.4, 0.5) is 0 Å². The second-order valence-corrected chi connectivity index (χ2v) is 5.80. The summed E-state index contributed by atoms with van der Waals surface area (Å²) in [4.78, 5) is 18.1. The fourth-order valence-corrected chi connectivity index (χ4v) is 3.06. The number of hydrogen-bond donors (Lipinski definition) is 2. The van der Waals surface area contributed by atoms with Crippen molar-refractivity contribution in [2.75, 3.05) is 19.6 Å². The second-order valence-electron chi connectivity index (χ2n) is 5.80. The Morgan fingerprint density at radius 2 is 2.05 bits per heavy atom. The molecule has 1 aromatic carbocycles. The third-order valence-electron chi connectivity index (χ3n) is 4.20. The Bertz CT molecular complexity index is 614. The number of nitrogens with one attached hydrogen (secondary N) is 2. The molecule has 4 heteroatoms. The first-order valence-corrected chi connectivity index (χ1v) is 8.05. The number of aromatic nitrogens is 1. The Kier molecular flexibility index (Phi) is 4.59. The Morgan fingerprint density at radius 3 is 2.73 bits per heavy atom. The van der Waals surface area contributed by atoms with Crippen molar-refractivity contribution in [3.8, 4) is 11.3 Å². The number of H-pyrrole nitrogens is 1. The molecule has 0 radical (unpaired) electrons. The van der Waals surface area contributed by atoms with Crippen molar-refractivity contribution in [3.63, 3.8) is 0 Å². The highest BCUT2D eigenvalue weighted by Crippen LogP contribution is 2.20. The van der Waals surface area contributed by atoms with Gasteiger partial charge in [-0.05, 0) is 37.1 Å². The number of hydrogen-bond acceptors (Lipinski definition) is 2.